The third kappa shape index (κ3) is 6.68. The van der Waals surface area contributed by atoms with Crippen LogP contribution in [-0.4, -0.2) is 62.9 Å². The molecule has 2 saturated heterocycles. The monoisotopic (exact) mass is 483 g/mol. The van der Waals surface area contributed by atoms with Gasteiger partial charge in [0, 0.05) is 38.6 Å². The summed E-state index contributed by atoms with van der Waals surface area (Å²) in [6.07, 6.45) is 6.75. The van der Waals surface area contributed by atoms with E-state index >= 15 is 0 Å². The Morgan fingerprint density at radius 3 is 2.24 bits per heavy atom. The molecular weight excluding hydrogens is 446 g/mol. The number of nitrogens with one attached hydrogen (secondary N) is 1. The van der Waals surface area contributed by atoms with Crippen molar-refractivity contribution in [3.8, 4) is 0 Å². The summed E-state index contributed by atoms with van der Waals surface area (Å²) in [6.45, 7) is 4.38. The number of sulfonamides is 1. The molecule has 1 N–H and O–H groups in total. The van der Waals surface area contributed by atoms with Gasteiger partial charge in [-0.05, 0) is 68.7 Å². The van der Waals surface area contributed by atoms with E-state index in [1.54, 1.807) is 24.3 Å². The maximum Gasteiger partial charge on any atom is 0.240 e. The second-order valence-corrected chi connectivity index (χ2v) is 11.3. The number of hydrogen-bond acceptors (Lipinski definition) is 4. The molecule has 7 heteroatoms. The Bertz CT molecular complexity index is 1010. The summed E-state index contributed by atoms with van der Waals surface area (Å²) >= 11 is 0. The minimum atomic E-state index is -3.49. The standard InChI is InChI=1S/C27H37N3O3S/c31-27-13-7-8-19-30(27)25-16-21-29(22-17-25)20-15-24(23-9-3-1-4-10-23)14-18-28-34(32,33)26-11-5-2-6-12-26/h1-6,9-12,24-25,28H,7-8,13-22H2. The zero-order chi connectivity index (χ0) is 23.8. The van der Waals surface area contributed by atoms with Crippen LogP contribution in [0, 0.1) is 0 Å². The van der Waals surface area contributed by atoms with E-state index in [1.807, 2.05) is 12.1 Å². The third-order valence-corrected chi connectivity index (χ3v) is 8.74. The van der Waals surface area contributed by atoms with E-state index in [4.69, 9.17) is 0 Å². The first-order chi connectivity index (χ1) is 16.5. The van der Waals surface area contributed by atoms with Gasteiger partial charge in [0.05, 0.1) is 4.90 Å². The van der Waals surface area contributed by atoms with E-state index in [0.29, 0.717) is 35.7 Å². The Balaban J connectivity index is 1.29. The van der Waals surface area contributed by atoms with E-state index in [2.05, 4.69) is 38.8 Å². The van der Waals surface area contributed by atoms with Gasteiger partial charge in [-0.2, -0.15) is 0 Å². The molecule has 0 bridgehead atoms. The summed E-state index contributed by atoms with van der Waals surface area (Å²) < 4.78 is 28.0. The van der Waals surface area contributed by atoms with Crippen LogP contribution < -0.4 is 4.72 Å². The number of likely N-dealkylation sites (tertiary alicyclic amines) is 2. The van der Waals surface area contributed by atoms with Gasteiger partial charge in [0.15, 0.2) is 0 Å². The topological polar surface area (TPSA) is 69.7 Å². The van der Waals surface area contributed by atoms with Gasteiger partial charge in [-0.25, -0.2) is 13.1 Å². The molecular formula is C27H37N3O3S. The van der Waals surface area contributed by atoms with Crippen molar-refractivity contribution in [2.24, 2.45) is 0 Å². The fourth-order valence-electron chi connectivity index (χ4n) is 5.26. The Labute approximate surface area is 204 Å². The third-order valence-electron chi connectivity index (χ3n) is 7.26. The van der Waals surface area contributed by atoms with Crippen LogP contribution in [0.3, 0.4) is 0 Å². The van der Waals surface area contributed by atoms with Crippen molar-refractivity contribution in [3.05, 3.63) is 66.2 Å². The number of hydrogen-bond donors (Lipinski definition) is 1. The summed E-state index contributed by atoms with van der Waals surface area (Å²) in [6, 6.07) is 19.4. The summed E-state index contributed by atoms with van der Waals surface area (Å²) in [5.74, 6) is 0.632. The predicted octanol–water partition coefficient (Wildman–Crippen LogP) is 4.01. The van der Waals surface area contributed by atoms with Crippen molar-refractivity contribution in [3.63, 3.8) is 0 Å². The van der Waals surface area contributed by atoms with Crippen molar-refractivity contribution in [2.45, 2.75) is 61.8 Å². The molecule has 0 aliphatic carbocycles. The van der Waals surface area contributed by atoms with Crippen LogP contribution in [0.2, 0.25) is 0 Å². The lowest BCUT2D eigenvalue weighted by atomic mass is 9.92. The number of carbonyl (C=O) groups excluding carboxylic acids is 1. The number of amides is 1. The second-order valence-electron chi connectivity index (χ2n) is 9.51. The van der Waals surface area contributed by atoms with Gasteiger partial charge in [-0.1, -0.05) is 48.5 Å². The Hall–Kier alpha value is -2.22. The lowest BCUT2D eigenvalue weighted by Gasteiger charge is -2.40. The first-order valence-corrected chi connectivity index (χ1v) is 14.1. The lowest BCUT2D eigenvalue weighted by molar-refractivity contribution is -0.136. The highest BCUT2D eigenvalue weighted by molar-refractivity contribution is 7.89. The van der Waals surface area contributed by atoms with Crippen molar-refractivity contribution < 1.29 is 13.2 Å². The van der Waals surface area contributed by atoms with Gasteiger partial charge < -0.3 is 9.80 Å². The molecule has 0 aromatic heterocycles. The number of benzene rings is 2. The Morgan fingerprint density at radius 1 is 0.882 bits per heavy atom. The van der Waals surface area contributed by atoms with E-state index < -0.39 is 10.0 Å². The fourth-order valence-corrected chi connectivity index (χ4v) is 6.33. The first kappa shape index (κ1) is 24.9. The predicted molar refractivity (Wildman–Crippen MR) is 135 cm³/mol. The maximum absolute atomic E-state index is 12.6. The van der Waals surface area contributed by atoms with Gasteiger partial charge in [0.25, 0.3) is 0 Å². The molecule has 1 unspecified atom stereocenters. The van der Waals surface area contributed by atoms with Crippen LogP contribution >= 0.6 is 0 Å². The smallest absolute Gasteiger partial charge is 0.240 e. The van der Waals surface area contributed by atoms with Crippen LogP contribution in [0.15, 0.2) is 65.6 Å². The fraction of sp³-hybridized carbons (Fsp3) is 0.519. The molecule has 0 radical (unpaired) electrons. The minimum absolute atomic E-state index is 0.293. The molecule has 2 aromatic carbocycles. The summed E-state index contributed by atoms with van der Waals surface area (Å²) in [4.78, 5) is 17.2. The Kier molecular flexibility index (Phi) is 8.75. The largest absolute Gasteiger partial charge is 0.340 e. The van der Waals surface area contributed by atoms with Crippen LogP contribution in [-0.2, 0) is 14.8 Å². The summed E-state index contributed by atoms with van der Waals surface area (Å²) in [5, 5.41) is 0. The number of nitrogens with zero attached hydrogens (tertiary/aromatic N) is 2. The van der Waals surface area contributed by atoms with E-state index in [1.165, 1.54) is 5.56 Å². The molecule has 2 aliphatic heterocycles. The highest BCUT2D eigenvalue weighted by Gasteiger charge is 2.29. The van der Waals surface area contributed by atoms with Crippen molar-refractivity contribution in [1.82, 2.24) is 14.5 Å². The van der Waals surface area contributed by atoms with Crippen molar-refractivity contribution >= 4 is 15.9 Å². The average Bonchev–Trinajstić information content (AvgIpc) is 2.88. The van der Waals surface area contributed by atoms with Crippen molar-refractivity contribution in [2.75, 3.05) is 32.7 Å². The van der Waals surface area contributed by atoms with Gasteiger partial charge in [-0.15, -0.1) is 0 Å². The number of carbonyl (C=O) groups is 1. The molecule has 0 saturated carbocycles. The zero-order valence-corrected chi connectivity index (χ0v) is 20.8. The van der Waals surface area contributed by atoms with Gasteiger partial charge in [-0.3, -0.25) is 4.79 Å². The SMILES string of the molecule is O=C1CCCCN1C1CCN(CCC(CCNS(=O)(=O)c2ccccc2)c2ccccc2)CC1. The van der Waals surface area contributed by atoms with Crippen LogP contribution in [0.25, 0.3) is 0 Å². The molecule has 184 valence electrons. The number of piperidine rings is 2. The molecule has 0 spiro atoms. The second kappa shape index (κ2) is 12.0. The van der Waals surface area contributed by atoms with Crippen molar-refractivity contribution in [1.29, 1.82) is 0 Å². The molecule has 34 heavy (non-hydrogen) atoms. The normalized spacial score (nSPS) is 19.3. The van der Waals surface area contributed by atoms with Gasteiger partial charge in [0.2, 0.25) is 15.9 Å². The molecule has 1 amide bonds. The molecule has 2 aromatic rings. The molecule has 1 atom stereocenters. The summed E-state index contributed by atoms with van der Waals surface area (Å²) in [7, 11) is -3.49. The molecule has 2 fully saturated rings. The lowest BCUT2D eigenvalue weighted by Crippen LogP contribution is -2.49. The first-order valence-electron chi connectivity index (χ1n) is 12.6. The van der Waals surface area contributed by atoms with Crippen LogP contribution in [0.4, 0.5) is 0 Å². The van der Waals surface area contributed by atoms with E-state index in [-0.39, 0.29) is 0 Å². The quantitative estimate of drug-likeness (QED) is 0.555. The molecule has 4 rings (SSSR count). The average molecular weight is 484 g/mol. The van der Waals surface area contributed by atoms with Gasteiger partial charge in [0.1, 0.15) is 0 Å². The van der Waals surface area contributed by atoms with Gasteiger partial charge >= 0.3 is 0 Å². The van der Waals surface area contributed by atoms with E-state index in [9.17, 15) is 13.2 Å². The summed E-state index contributed by atoms with van der Waals surface area (Å²) in [5.41, 5.74) is 1.26. The van der Waals surface area contributed by atoms with Crippen LogP contribution in [0.5, 0.6) is 0 Å². The zero-order valence-electron chi connectivity index (χ0n) is 19.9. The minimum Gasteiger partial charge on any atom is -0.340 e. The maximum atomic E-state index is 12.6. The van der Waals surface area contributed by atoms with E-state index in [0.717, 1.165) is 64.7 Å². The Morgan fingerprint density at radius 2 is 1.56 bits per heavy atom. The van der Waals surface area contributed by atoms with Crippen LogP contribution in [0.1, 0.15) is 56.4 Å². The number of rotatable bonds is 10. The molecule has 6 nitrogen and oxygen atoms in total. The molecule has 2 aliphatic rings. The highest BCUT2D eigenvalue weighted by Crippen LogP contribution is 2.26. The molecule has 2 heterocycles. The highest BCUT2D eigenvalue weighted by atomic mass is 32.2.